The van der Waals surface area contributed by atoms with Crippen LogP contribution in [0.3, 0.4) is 0 Å². The zero-order valence-electron chi connectivity index (χ0n) is 17.9. The van der Waals surface area contributed by atoms with Gasteiger partial charge in [-0.05, 0) is 42.8 Å². The molecule has 1 aliphatic carbocycles. The van der Waals surface area contributed by atoms with Crippen LogP contribution in [0.2, 0.25) is 0 Å². The van der Waals surface area contributed by atoms with E-state index in [0.29, 0.717) is 5.89 Å². The predicted molar refractivity (Wildman–Crippen MR) is 117 cm³/mol. The Morgan fingerprint density at radius 1 is 1.06 bits per heavy atom. The van der Waals surface area contributed by atoms with Crippen molar-refractivity contribution < 1.29 is 26.7 Å². The van der Waals surface area contributed by atoms with Crippen LogP contribution in [0.5, 0.6) is 5.75 Å². The van der Waals surface area contributed by atoms with E-state index < -0.39 is 10.1 Å². The smallest absolute Gasteiger partial charge is 0.227 e. The highest BCUT2D eigenvalue weighted by Gasteiger charge is 2.26. The third-order valence-corrected chi connectivity index (χ3v) is 6.00. The zero-order valence-corrected chi connectivity index (χ0v) is 18.7. The fraction of sp³-hybridized carbons (Fsp3) is 0.167. The Labute approximate surface area is 186 Å². The number of ether oxygens (including phenoxy) is 1. The number of methoxy groups -OCH3 is 1. The van der Waals surface area contributed by atoms with Crippen molar-refractivity contribution in [2.75, 3.05) is 7.11 Å². The molecule has 1 aliphatic rings. The van der Waals surface area contributed by atoms with Crippen LogP contribution in [0.15, 0.2) is 76.3 Å². The van der Waals surface area contributed by atoms with Gasteiger partial charge in [-0.15, -0.1) is 0 Å². The van der Waals surface area contributed by atoms with Crippen LogP contribution in [-0.2, 0) is 23.6 Å². The first-order valence-electron chi connectivity index (χ1n) is 9.90. The summed E-state index contributed by atoms with van der Waals surface area (Å²) in [6.45, 7) is 1.82. The van der Waals surface area contributed by atoms with E-state index in [1.54, 1.807) is 19.2 Å². The minimum atomic E-state index is -4.27. The first-order valence-corrected chi connectivity index (χ1v) is 11.3. The van der Waals surface area contributed by atoms with E-state index in [-0.39, 0.29) is 4.90 Å². The molecule has 2 aromatic heterocycles. The van der Waals surface area contributed by atoms with Crippen molar-refractivity contribution in [3.8, 4) is 28.5 Å². The van der Waals surface area contributed by atoms with E-state index in [1.807, 2.05) is 55.2 Å². The molecule has 0 saturated carbocycles. The Bertz CT molecular complexity index is 1360. The second kappa shape index (κ2) is 8.57. The molecule has 0 radical (unpaired) electrons. The number of aryl methyl sites for hydroxylation is 2. The van der Waals surface area contributed by atoms with Gasteiger partial charge in [0.25, 0.3) is 0 Å². The Kier molecular flexibility index (Phi) is 5.82. The van der Waals surface area contributed by atoms with Crippen LogP contribution in [0.1, 0.15) is 16.8 Å². The van der Waals surface area contributed by atoms with Gasteiger partial charge < -0.3 is 13.7 Å². The molecule has 164 valence electrons. The second-order valence-electron chi connectivity index (χ2n) is 7.51. The van der Waals surface area contributed by atoms with Gasteiger partial charge in [-0.3, -0.25) is 0 Å². The number of oxazole rings is 1. The largest absolute Gasteiger partial charge is 0.744 e. The van der Waals surface area contributed by atoms with Gasteiger partial charge in [-0.2, -0.15) is 0 Å². The summed E-state index contributed by atoms with van der Waals surface area (Å²) in [5.74, 6) is 2.44. The summed E-state index contributed by atoms with van der Waals surface area (Å²) in [5.41, 5.74) is 5.25. The fourth-order valence-electron chi connectivity index (χ4n) is 3.40. The molecule has 0 atom stereocenters. The van der Waals surface area contributed by atoms with Gasteiger partial charge in [0.15, 0.2) is 18.2 Å². The van der Waals surface area contributed by atoms with E-state index in [0.717, 1.165) is 40.3 Å². The quantitative estimate of drug-likeness (QED) is 0.308. The monoisotopic (exact) mass is 450 g/mol. The van der Waals surface area contributed by atoms with Crippen LogP contribution in [0, 0.1) is 6.92 Å². The predicted octanol–water partition coefficient (Wildman–Crippen LogP) is 3.65. The summed E-state index contributed by atoms with van der Waals surface area (Å²) >= 11 is 0. The van der Waals surface area contributed by atoms with E-state index in [2.05, 4.69) is 11.1 Å². The number of hydrogen-bond acceptors (Lipinski definition) is 6. The van der Waals surface area contributed by atoms with E-state index in [4.69, 9.17) is 9.15 Å². The van der Waals surface area contributed by atoms with Crippen LogP contribution < -0.4 is 9.30 Å². The SMILES string of the molecule is COc1ccc2c(c1)Cc1nc(-c3cc[n+](C)cc3)oc1-2.Cc1ccc(S(=O)(=O)[O-])cc1. The average Bonchev–Trinajstić information content (AvgIpc) is 3.32. The van der Waals surface area contributed by atoms with Crippen LogP contribution in [-0.4, -0.2) is 25.1 Å². The summed E-state index contributed by atoms with van der Waals surface area (Å²) < 4.78 is 44.4. The summed E-state index contributed by atoms with van der Waals surface area (Å²) in [7, 11) is -0.600. The highest BCUT2D eigenvalue weighted by molar-refractivity contribution is 7.85. The van der Waals surface area contributed by atoms with Crippen molar-refractivity contribution in [1.29, 1.82) is 0 Å². The highest BCUT2D eigenvalue weighted by atomic mass is 32.2. The molecule has 2 aromatic carbocycles. The lowest BCUT2D eigenvalue weighted by Gasteiger charge is -2.05. The molecule has 0 spiro atoms. The molecule has 0 aliphatic heterocycles. The molecule has 5 rings (SSSR count). The van der Waals surface area contributed by atoms with Crippen molar-refractivity contribution in [2.45, 2.75) is 18.2 Å². The van der Waals surface area contributed by atoms with Gasteiger partial charge in [-0.1, -0.05) is 17.7 Å². The second-order valence-corrected chi connectivity index (χ2v) is 8.89. The van der Waals surface area contributed by atoms with E-state index in [1.165, 1.54) is 17.7 Å². The van der Waals surface area contributed by atoms with Gasteiger partial charge in [0.2, 0.25) is 5.89 Å². The topological polar surface area (TPSA) is 96.3 Å². The van der Waals surface area contributed by atoms with Gasteiger partial charge in [0.1, 0.15) is 22.9 Å². The molecule has 0 fully saturated rings. The van der Waals surface area contributed by atoms with Gasteiger partial charge in [0, 0.05) is 29.7 Å². The number of fused-ring (bicyclic) bond motifs is 3. The molecule has 0 amide bonds. The van der Waals surface area contributed by atoms with Gasteiger partial charge in [0.05, 0.1) is 17.7 Å². The molecule has 4 aromatic rings. The fourth-order valence-corrected chi connectivity index (χ4v) is 3.87. The molecule has 8 heteroatoms. The van der Waals surface area contributed by atoms with Crippen LogP contribution in [0.25, 0.3) is 22.8 Å². The maximum absolute atomic E-state index is 10.4. The molecule has 0 bridgehead atoms. The maximum atomic E-state index is 10.4. The Morgan fingerprint density at radius 2 is 1.75 bits per heavy atom. The van der Waals surface area contributed by atoms with Crippen molar-refractivity contribution in [1.82, 2.24) is 4.98 Å². The average molecular weight is 451 g/mol. The minimum absolute atomic E-state index is 0.178. The summed E-state index contributed by atoms with van der Waals surface area (Å²) in [6, 6.07) is 15.9. The third kappa shape index (κ3) is 4.56. The first kappa shape index (κ1) is 21.7. The molecule has 0 saturated heterocycles. The first-order chi connectivity index (χ1) is 15.2. The lowest BCUT2D eigenvalue weighted by molar-refractivity contribution is -0.671. The Hall–Kier alpha value is -3.49. The Balaban J connectivity index is 0.000000189. The normalized spacial score (nSPS) is 11.9. The molecule has 0 N–H and O–H groups in total. The summed E-state index contributed by atoms with van der Waals surface area (Å²) in [5, 5.41) is 0. The summed E-state index contributed by atoms with van der Waals surface area (Å²) in [4.78, 5) is 4.47. The summed E-state index contributed by atoms with van der Waals surface area (Å²) in [6.07, 6.45) is 4.78. The maximum Gasteiger partial charge on any atom is 0.227 e. The van der Waals surface area contributed by atoms with E-state index >= 15 is 0 Å². The number of pyridine rings is 1. The van der Waals surface area contributed by atoms with Crippen molar-refractivity contribution in [3.63, 3.8) is 0 Å². The molecule has 0 unspecified atom stereocenters. The number of nitrogens with zero attached hydrogens (tertiary/aromatic N) is 2. The lowest BCUT2D eigenvalue weighted by atomic mass is 10.1. The van der Waals surface area contributed by atoms with Crippen molar-refractivity contribution >= 4 is 10.1 Å². The molecule has 7 nitrogen and oxygen atoms in total. The van der Waals surface area contributed by atoms with Crippen LogP contribution >= 0.6 is 0 Å². The Morgan fingerprint density at radius 3 is 2.38 bits per heavy atom. The molecule has 2 heterocycles. The van der Waals surface area contributed by atoms with Crippen molar-refractivity contribution in [3.05, 3.63) is 83.8 Å². The minimum Gasteiger partial charge on any atom is -0.744 e. The van der Waals surface area contributed by atoms with Gasteiger partial charge in [-0.25, -0.2) is 18.0 Å². The third-order valence-electron chi connectivity index (χ3n) is 5.15. The molecular weight excluding hydrogens is 428 g/mol. The molecular formula is C24H22N2O5S. The standard InChI is InChI=1S/C17H15N2O2.C7H8O3S/c1-19-7-5-11(6-8-19)17-18-15-10-12-9-13(20-2)3-4-14(12)16(15)21-17;1-6-2-4-7(5-3-6)11(8,9)10/h3-9H,10H2,1-2H3;2-5H,1H3,(H,8,9,10)/q+1;/p-1. The number of benzene rings is 2. The van der Waals surface area contributed by atoms with Gasteiger partial charge >= 0.3 is 0 Å². The zero-order chi connectivity index (χ0) is 22.9. The number of rotatable bonds is 3. The molecule has 32 heavy (non-hydrogen) atoms. The van der Waals surface area contributed by atoms with E-state index in [9.17, 15) is 13.0 Å². The number of hydrogen-bond donors (Lipinski definition) is 0. The lowest BCUT2D eigenvalue weighted by Crippen LogP contribution is -2.25. The highest BCUT2D eigenvalue weighted by Crippen LogP contribution is 2.40. The number of aromatic nitrogens is 2. The van der Waals surface area contributed by atoms with Crippen molar-refractivity contribution in [2.24, 2.45) is 7.05 Å². The van der Waals surface area contributed by atoms with Crippen LogP contribution in [0.4, 0.5) is 0 Å².